The van der Waals surface area contributed by atoms with Crippen molar-refractivity contribution in [2.45, 2.75) is 37.3 Å². The number of carbonyl (C=O) groups excluding carboxylic acids is 1. The largest absolute Gasteiger partial charge is 0.399 e. The fourth-order valence-corrected chi connectivity index (χ4v) is 4.69. The molecule has 0 saturated carbocycles. The van der Waals surface area contributed by atoms with Gasteiger partial charge in [-0.05, 0) is 42.2 Å². The van der Waals surface area contributed by atoms with E-state index in [9.17, 15) is 18.3 Å². The fraction of sp³-hybridized carbons (Fsp3) is 0.381. The third-order valence-corrected chi connectivity index (χ3v) is 6.37. The Balaban J connectivity index is 2.24. The molecule has 8 heteroatoms. The SMILES string of the molecule is CC(C)CN(C[C@@H](O)[C@H](Cc1ccccc1)NC=O)S(=O)(=O)c1ccc(N)cc1. The van der Waals surface area contributed by atoms with Crippen LogP contribution in [-0.2, 0) is 21.2 Å². The van der Waals surface area contributed by atoms with Crippen molar-refractivity contribution in [3.63, 3.8) is 0 Å². The molecule has 0 radical (unpaired) electrons. The maximum absolute atomic E-state index is 13.1. The summed E-state index contributed by atoms with van der Waals surface area (Å²) in [6.45, 7) is 3.91. The summed E-state index contributed by atoms with van der Waals surface area (Å²) in [5, 5.41) is 13.4. The molecule has 4 N–H and O–H groups in total. The predicted molar refractivity (Wildman–Crippen MR) is 114 cm³/mol. The molecule has 0 aliphatic carbocycles. The van der Waals surface area contributed by atoms with Gasteiger partial charge in [0.2, 0.25) is 16.4 Å². The van der Waals surface area contributed by atoms with E-state index in [1.165, 1.54) is 28.6 Å². The van der Waals surface area contributed by atoms with Gasteiger partial charge >= 0.3 is 0 Å². The molecule has 0 unspecified atom stereocenters. The first kappa shape index (κ1) is 22.9. The highest BCUT2D eigenvalue weighted by atomic mass is 32.2. The van der Waals surface area contributed by atoms with Gasteiger partial charge in [-0.3, -0.25) is 4.79 Å². The van der Waals surface area contributed by atoms with E-state index in [-0.39, 0.29) is 23.9 Å². The minimum absolute atomic E-state index is 0.0531. The summed E-state index contributed by atoms with van der Waals surface area (Å²) < 4.78 is 27.5. The van der Waals surface area contributed by atoms with Crippen LogP contribution < -0.4 is 11.1 Å². The van der Waals surface area contributed by atoms with Crippen molar-refractivity contribution < 1.29 is 18.3 Å². The number of hydrogen-bond donors (Lipinski definition) is 3. The number of amides is 1. The number of carbonyl (C=O) groups is 1. The quantitative estimate of drug-likeness (QED) is 0.379. The van der Waals surface area contributed by atoms with E-state index in [0.717, 1.165) is 5.56 Å². The first-order chi connectivity index (χ1) is 13.7. The van der Waals surface area contributed by atoms with E-state index in [1.807, 2.05) is 44.2 Å². The number of nitrogens with zero attached hydrogens (tertiary/aromatic N) is 1. The summed E-state index contributed by atoms with van der Waals surface area (Å²) in [7, 11) is -3.83. The zero-order valence-electron chi connectivity index (χ0n) is 16.7. The summed E-state index contributed by atoms with van der Waals surface area (Å²) in [5.41, 5.74) is 7.07. The van der Waals surface area contributed by atoms with E-state index in [0.29, 0.717) is 18.5 Å². The van der Waals surface area contributed by atoms with E-state index in [2.05, 4.69) is 5.32 Å². The Morgan fingerprint density at radius 2 is 1.69 bits per heavy atom. The van der Waals surface area contributed by atoms with Crippen molar-refractivity contribution in [2.75, 3.05) is 18.8 Å². The van der Waals surface area contributed by atoms with Crippen molar-refractivity contribution in [1.29, 1.82) is 0 Å². The standard InChI is InChI=1S/C21H29N3O4S/c1-16(2)13-24(29(27,28)19-10-8-18(22)9-11-19)14-21(26)20(23-15-25)12-17-6-4-3-5-7-17/h3-11,15-16,20-21,26H,12-14,22H2,1-2H3,(H,23,25)/t20-,21+/m0/s1. The maximum atomic E-state index is 13.1. The van der Waals surface area contributed by atoms with Crippen LogP contribution in [0.1, 0.15) is 19.4 Å². The highest BCUT2D eigenvalue weighted by molar-refractivity contribution is 7.89. The monoisotopic (exact) mass is 419 g/mol. The second kappa shape index (κ2) is 10.4. The Morgan fingerprint density at radius 3 is 2.24 bits per heavy atom. The maximum Gasteiger partial charge on any atom is 0.243 e. The number of hydrogen-bond acceptors (Lipinski definition) is 5. The third kappa shape index (κ3) is 6.56. The Bertz CT molecular complexity index is 871. The molecule has 7 nitrogen and oxygen atoms in total. The molecular formula is C21H29N3O4S. The topological polar surface area (TPSA) is 113 Å². The molecule has 0 heterocycles. The number of nitrogens with one attached hydrogen (secondary N) is 1. The van der Waals surface area contributed by atoms with Crippen LogP contribution >= 0.6 is 0 Å². The Hall–Kier alpha value is -2.42. The van der Waals surface area contributed by atoms with Crippen LogP contribution in [0.25, 0.3) is 0 Å². The van der Waals surface area contributed by atoms with Crippen molar-refractivity contribution in [3.05, 3.63) is 60.2 Å². The molecule has 0 bridgehead atoms. The van der Waals surface area contributed by atoms with Gasteiger partial charge in [0.1, 0.15) is 0 Å². The van der Waals surface area contributed by atoms with Crippen LogP contribution in [0.3, 0.4) is 0 Å². The van der Waals surface area contributed by atoms with Gasteiger partial charge in [0.05, 0.1) is 17.0 Å². The number of nitrogen functional groups attached to an aromatic ring is 1. The number of anilines is 1. The zero-order valence-corrected chi connectivity index (χ0v) is 17.5. The normalized spacial score (nSPS) is 14.0. The van der Waals surface area contributed by atoms with Gasteiger partial charge in [-0.15, -0.1) is 0 Å². The molecule has 2 aromatic carbocycles. The minimum atomic E-state index is -3.83. The van der Waals surface area contributed by atoms with Crippen LogP contribution in [0, 0.1) is 5.92 Å². The molecule has 29 heavy (non-hydrogen) atoms. The molecule has 158 valence electrons. The fourth-order valence-electron chi connectivity index (χ4n) is 3.06. The number of sulfonamides is 1. The van der Waals surface area contributed by atoms with E-state index >= 15 is 0 Å². The molecule has 1 amide bonds. The molecule has 0 spiro atoms. The van der Waals surface area contributed by atoms with Gasteiger partial charge in [0, 0.05) is 18.8 Å². The highest BCUT2D eigenvalue weighted by Crippen LogP contribution is 2.20. The van der Waals surface area contributed by atoms with Gasteiger partial charge < -0.3 is 16.2 Å². The first-order valence-corrected chi connectivity index (χ1v) is 11.0. The summed E-state index contributed by atoms with van der Waals surface area (Å²) in [5.74, 6) is 0.0531. The molecule has 0 saturated heterocycles. The number of nitrogens with two attached hydrogens (primary N) is 1. The molecule has 0 fully saturated rings. The molecule has 2 rings (SSSR count). The van der Waals surface area contributed by atoms with Crippen molar-refractivity contribution >= 4 is 22.1 Å². The van der Waals surface area contributed by atoms with Crippen LogP contribution in [0.15, 0.2) is 59.5 Å². The Labute approximate surface area is 172 Å². The molecule has 0 aliphatic rings. The lowest BCUT2D eigenvalue weighted by Gasteiger charge is -2.30. The predicted octanol–water partition coefficient (Wildman–Crippen LogP) is 1.63. The molecular weight excluding hydrogens is 390 g/mol. The molecule has 2 atom stereocenters. The summed E-state index contributed by atoms with van der Waals surface area (Å²) in [6.07, 6.45) is -0.168. The van der Waals surface area contributed by atoms with Crippen LogP contribution in [0.2, 0.25) is 0 Å². The van der Waals surface area contributed by atoms with Crippen LogP contribution in [0.5, 0.6) is 0 Å². The molecule has 0 aliphatic heterocycles. The average molecular weight is 420 g/mol. The van der Waals surface area contributed by atoms with Crippen LogP contribution in [-0.4, -0.2) is 49.5 Å². The van der Waals surface area contributed by atoms with Crippen molar-refractivity contribution in [2.24, 2.45) is 5.92 Å². The third-order valence-electron chi connectivity index (χ3n) is 4.52. The van der Waals surface area contributed by atoms with Gasteiger partial charge in [0.15, 0.2) is 0 Å². The number of rotatable bonds is 11. The minimum Gasteiger partial charge on any atom is -0.399 e. The van der Waals surface area contributed by atoms with E-state index < -0.39 is 22.2 Å². The average Bonchev–Trinajstić information content (AvgIpc) is 2.68. The lowest BCUT2D eigenvalue weighted by Crippen LogP contribution is -2.49. The summed E-state index contributed by atoms with van der Waals surface area (Å²) in [6, 6.07) is 14.8. The van der Waals surface area contributed by atoms with E-state index in [4.69, 9.17) is 5.73 Å². The second-order valence-corrected chi connectivity index (χ2v) is 9.37. The van der Waals surface area contributed by atoms with Gasteiger partial charge in [-0.2, -0.15) is 4.31 Å². The summed E-state index contributed by atoms with van der Waals surface area (Å²) >= 11 is 0. The van der Waals surface area contributed by atoms with Gasteiger partial charge in [-0.1, -0.05) is 44.2 Å². The highest BCUT2D eigenvalue weighted by Gasteiger charge is 2.30. The Kier molecular flexibility index (Phi) is 8.19. The smallest absolute Gasteiger partial charge is 0.243 e. The first-order valence-electron chi connectivity index (χ1n) is 9.51. The number of aliphatic hydroxyl groups is 1. The lowest BCUT2D eigenvalue weighted by molar-refractivity contribution is -0.111. The molecule has 2 aromatic rings. The van der Waals surface area contributed by atoms with Crippen LogP contribution in [0.4, 0.5) is 5.69 Å². The number of benzene rings is 2. The van der Waals surface area contributed by atoms with Crippen molar-refractivity contribution in [1.82, 2.24) is 9.62 Å². The number of aliphatic hydroxyl groups excluding tert-OH is 1. The van der Waals surface area contributed by atoms with E-state index in [1.54, 1.807) is 0 Å². The zero-order chi connectivity index (χ0) is 21.4. The molecule has 0 aromatic heterocycles. The Morgan fingerprint density at radius 1 is 1.07 bits per heavy atom. The van der Waals surface area contributed by atoms with Gasteiger partial charge in [0.25, 0.3) is 0 Å². The van der Waals surface area contributed by atoms with Crippen molar-refractivity contribution in [3.8, 4) is 0 Å². The van der Waals surface area contributed by atoms with Gasteiger partial charge in [-0.25, -0.2) is 8.42 Å². The second-order valence-electron chi connectivity index (χ2n) is 7.43. The summed E-state index contributed by atoms with van der Waals surface area (Å²) in [4.78, 5) is 11.2. The lowest BCUT2D eigenvalue weighted by atomic mass is 10.0.